The Labute approximate surface area is 146 Å². The van der Waals surface area contributed by atoms with Crippen LogP contribution in [0.4, 0.5) is 0 Å². The molecule has 0 aliphatic carbocycles. The molecule has 126 valence electrons. The quantitative estimate of drug-likeness (QED) is 0.631. The fourth-order valence-corrected chi connectivity index (χ4v) is 3.59. The molecule has 5 heteroatoms. The number of aldehydes is 1. The third-order valence-electron chi connectivity index (χ3n) is 3.71. The zero-order valence-electron chi connectivity index (χ0n) is 13.3. The molecular formula is C20H16O4S. The molecule has 25 heavy (non-hydrogen) atoms. The number of hydrogen-bond donors (Lipinski definition) is 0. The van der Waals surface area contributed by atoms with Crippen molar-refractivity contribution in [1.29, 1.82) is 0 Å². The molecule has 3 aromatic carbocycles. The van der Waals surface area contributed by atoms with Crippen LogP contribution < -0.4 is 4.74 Å². The third kappa shape index (κ3) is 3.95. The third-order valence-corrected chi connectivity index (χ3v) is 5.49. The zero-order valence-corrected chi connectivity index (χ0v) is 14.1. The summed E-state index contributed by atoms with van der Waals surface area (Å²) in [6.07, 6.45) is 0.773. The largest absolute Gasteiger partial charge is 0.489 e. The summed E-state index contributed by atoms with van der Waals surface area (Å²) in [4.78, 5) is 11.1. The monoisotopic (exact) mass is 352 g/mol. The topological polar surface area (TPSA) is 60.4 Å². The minimum atomic E-state index is -3.50. The second-order valence-electron chi connectivity index (χ2n) is 5.44. The molecule has 0 saturated heterocycles. The number of benzene rings is 3. The Morgan fingerprint density at radius 1 is 0.760 bits per heavy atom. The Hall–Kier alpha value is -2.92. The van der Waals surface area contributed by atoms with Gasteiger partial charge in [-0.15, -0.1) is 0 Å². The van der Waals surface area contributed by atoms with Crippen LogP contribution in [-0.2, 0) is 16.4 Å². The van der Waals surface area contributed by atoms with E-state index in [4.69, 9.17) is 4.74 Å². The molecule has 0 N–H and O–H groups in total. The molecule has 4 nitrogen and oxygen atoms in total. The van der Waals surface area contributed by atoms with Gasteiger partial charge in [0, 0.05) is 5.56 Å². The van der Waals surface area contributed by atoms with Crippen LogP contribution in [0.2, 0.25) is 0 Å². The van der Waals surface area contributed by atoms with Crippen LogP contribution in [0.3, 0.4) is 0 Å². The normalized spacial score (nSPS) is 11.0. The van der Waals surface area contributed by atoms with Gasteiger partial charge in [-0.25, -0.2) is 8.42 Å². The van der Waals surface area contributed by atoms with Crippen LogP contribution in [0.15, 0.2) is 88.7 Å². The molecule has 0 amide bonds. The van der Waals surface area contributed by atoms with Crippen LogP contribution in [0.5, 0.6) is 5.75 Å². The van der Waals surface area contributed by atoms with Gasteiger partial charge < -0.3 is 4.74 Å². The highest BCUT2D eigenvalue weighted by molar-refractivity contribution is 7.91. The van der Waals surface area contributed by atoms with E-state index in [1.807, 2.05) is 0 Å². The Morgan fingerprint density at radius 2 is 1.36 bits per heavy atom. The van der Waals surface area contributed by atoms with Crippen molar-refractivity contribution in [3.63, 3.8) is 0 Å². The highest BCUT2D eigenvalue weighted by Crippen LogP contribution is 2.21. The summed E-state index contributed by atoms with van der Waals surface area (Å²) in [5.41, 5.74) is 1.44. The molecule has 0 aliphatic heterocycles. The molecule has 0 unspecified atom stereocenters. The highest BCUT2D eigenvalue weighted by atomic mass is 32.2. The summed E-state index contributed by atoms with van der Waals surface area (Å²) in [6, 6.07) is 21.8. The van der Waals surface area contributed by atoms with Crippen LogP contribution >= 0.6 is 0 Å². The molecule has 3 aromatic rings. The van der Waals surface area contributed by atoms with Crippen LogP contribution in [-0.4, -0.2) is 14.7 Å². The maximum absolute atomic E-state index is 12.5. The van der Waals surface area contributed by atoms with Gasteiger partial charge in [-0.3, -0.25) is 4.79 Å². The standard InChI is InChI=1S/C20H16O4S/c21-14-16-6-10-18(11-7-16)24-15-17-8-12-20(13-9-17)25(22,23)19-4-2-1-3-5-19/h1-14H,15H2. The Morgan fingerprint density at radius 3 is 1.96 bits per heavy atom. The van der Waals surface area contributed by atoms with Gasteiger partial charge >= 0.3 is 0 Å². The van der Waals surface area contributed by atoms with Crippen LogP contribution in [0, 0.1) is 0 Å². The minimum absolute atomic E-state index is 0.248. The number of sulfone groups is 1. The first-order valence-corrected chi connectivity index (χ1v) is 9.15. The summed E-state index contributed by atoms with van der Waals surface area (Å²) in [5, 5.41) is 0. The molecule has 0 spiro atoms. The number of carbonyl (C=O) groups is 1. The summed E-state index contributed by atoms with van der Waals surface area (Å²) in [5.74, 6) is 0.645. The first-order chi connectivity index (χ1) is 12.1. The van der Waals surface area contributed by atoms with Gasteiger partial charge in [-0.2, -0.15) is 0 Å². The molecule has 0 aromatic heterocycles. The molecule has 0 bridgehead atoms. The lowest BCUT2D eigenvalue weighted by molar-refractivity contribution is 0.112. The lowest BCUT2D eigenvalue weighted by Gasteiger charge is -2.08. The lowest BCUT2D eigenvalue weighted by Crippen LogP contribution is -2.02. The highest BCUT2D eigenvalue weighted by Gasteiger charge is 2.16. The lowest BCUT2D eigenvalue weighted by atomic mass is 10.2. The SMILES string of the molecule is O=Cc1ccc(OCc2ccc(S(=O)(=O)c3ccccc3)cc2)cc1. The number of rotatable bonds is 6. The van der Waals surface area contributed by atoms with E-state index in [1.165, 1.54) is 0 Å². The average Bonchev–Trinajstić information content (AvgIpc) is 2.68. The second kappa shape index (κ2) is 7.32. The van der Waals surface area contributed by atoms with E-state index in [2.05, 4.69) is 0 Å². The number of carbonyl (C=O) groups excluding carboxylic acids is 1. The van der Waals surface area contributed by atoms with E-state index in [9.17, 15) is 13.2 Å². The number of hydrogen-bond acceptors (Lipinski definition) is 4. The maximum Gasteiger partial charge on any atom is 0.206 e. The van der Waals surface area contributed by atoms with Gasteiger partial charge in [-0.1, -0.05) is 30.3 Å². The van der Waals surface area contributed by atoms with Gasteiger partial charge in [-0.05, 0) is 54.1 Å². The van der Waals surface area contributed by atoms with Gasteiger partial charge in [0.25, 0.3) is 0 Å². The second-order valence-corrected chi connectivity index (χ2v) is 7.39. The minimum Gasteiger partial charge on any atom is -0.489 e. The van der Waals surface area contributed by atoms with E-state index in [0.717, 1.165) is 11.8 Å². The van der Waals surface area contributed by atoms with E-state index in [-0.39, 0.29) is 9.79 Å². The molecule has 0 saturated carbocycles. The van der Waals surface area contributed by atoms with E-state index >= 15 is 0 Å². The zero-order chi connectivity index (χ0) is 17.7. The van der Waals surface area contributed by atoms with Gasteiger partial charge in [0.05, 0.1) is 9.79 Å². The van der Waals surface area contributed by atoms with Gasteiger partial charge in [0.1, 0.15) is 18.6 Å². The fraction of sp³-hybridized carbons (Fsp3) is 0.0500. The average molecular weight is 352 g/mol. The van der Waals surface area contributed by atoms with Crippen molar-refractivity contribution >= 4 is 16.1 Å². The van der Waals surface area contributed by atoms with E-state index in [0.29, 0.717) is 17.9 Å². The van der Waals surface area contributed by atoms with Crippen LogP contribution in [0.25, 0.3) is 0 Å². The molecule has 0 heterocycles. The van der Waals surface area contributed by atoms with Crippen molar-refractivity contribution in [1.82, 2.24) is 0 Å². The van der Waals surface area contributed by atoms with Crippen molar-refractivity contribution in [2.75, 3.05) is 0 Å². The molecule has 0 radical (unpaired) electrons. The molecule has 3 rings (SSSR count). The first-order valence-electron chi connectivity index (χ1n) is 7.67. The van der Waals surface area contributed by atoms with Crippen molar-refractivity contribution in [3.8, 4) is 5.75 Å². The van der Waals surface area contributed by atoms with Gasteiger partial charge in [0.2, 0.25) is 9.84 Å². The molecular weight excluding hydrogens is 336 g/mol. The summed E-state index contributed by atoms with van der Waals surface area (Å²) in [7, 11) is -3.50. The number of ether oxygens (including phenoxy) is 1. The Balaban J connectivity index is 1.70. The van der Waals surface area contributed by atoms with Crippen molar-refractivity contribution in [2.24, 2.45) is 0 Å². The smallest absolute Gasteiger partial charge is 0.206 e. The predicted molar refractivity (Wildman–Crippen MR) is 94.5 cm³/mol. The molecule has 0 aliphatic rings. The Kier molecular flexibility index (Phi) is 4.95. The fourth-order valence-electron chi connectivity index (χ4n) is 2.31. The van der Waals surface area contributed by atoms with Crippen molar-refractivity contribution < 1.29 is 17.9 Å². The first kappa shape index (κ1) is 16.9. The molecule has 0 atom stereocenters. The van der Waals surface area contributed by atoms with E-state index in [1.54, 1.807) is 78.9 Å². The van der Waals surface area contributed by atoms with Gasteiger partial charge in [0.15, 0.2) is 0 Å². The predicted octanol–water partition coefficient (Wildman–Crippen LogP) is 3.91. The summed E-state index contributed by atoms with van der Waals surface area (Å²) < 4.78 is 30.7. The summed E-state index contributed by atoms with van der Waals surface area (Å²) in [6.45, 7) is 0.312. The van der Waals surface area contributed by atoms with Crippen LogP contribution in [0.1, 0.15) is 15.9 Å². The van der Waals surface area contributed by atoms with Crippen molar-refractivity contribution in [2.45, 2.75) is 16.4 Å². The maximum atomic E-state index is 12.5. The van der Waals surface area contributed by atoms with Crippen molar-refractivity contribution in [3.05, 3.63) is 90.0 Å². The summed E-state index contributed by atoms with van der Waals surface area (Å²) >= 11 is 0. The van der Waals surface area contributed by atoms with E-state index < -0.39 is 9.84 Å². The molecule has 0 fully saturated rings. The Bertz CT molecular complexity index is 945.